The van der Waals surface area contributed by atoms with Gasteiger partial charge in [-0.2, -0.15) is 0 Å². The van der Waals surface area contributed by atoms with Gasteiger partial charge in [0.2, 0.25) is 0 Å². The van der Waals surface area contributed by atoms with Crippen molar-refractivity contribution >= 4 is 22.7 Å². The summed E-state index contributed by atoms with van der Waals surface area (Å²) in [7, 11) is 1.61. The number of nitrogens with one attached hydrogen (secondary N) is 1. The third-order valence-corrected chi connectivity index (χ3v) is 7.41. The molecule has 3 aromatic rings. The zero-order chi connectivity index (χ0) is 28.4. The fraction of sp³-hybridized carbons (Fsp3) is 0.344. The molecule has 2 aromatic carbocycles. The number of para-hydroxylation sites is 2. The predicted octanol–water partition coefficient (Wildman–Crippen LogP) is 5.13. The highest BCUT2D eigenvalue weighted by molar-refractivity contribution is 6.04. The monoisotopic (exact) mass is 543 g/mol. The summed E-state index contributed by atoms with van der Waals surface area (Å²) in [6, 6.07) is 14.6. The van der Waals surface area contributed by atoms with Crippen LogP contribution in [-0.2, 0) is 19.1 Å². The number of methoxy groups -OCH3 is 1. The Hall–Kier alpha value is -4.17. The van der Waals surface area contributed by atoms with Crippen molar-refractivity contribution in [3.8, 4) is 5.75 Å². The zero-order valence-electron chi connectivity index (χ0n) is 23.1. The number of benzene rings is 2. The highest BCUT2D eigenvalue weighted by Gasteiger charge is 2.43. The van der Waals surface area contributed by atoms with Crippen LogP contribution in [0.15, 0.2) is 86.5 Å². The third-order valence-electron chi connectivity index (χ3n) is 7.41. The molecule has 2 atom stereocenters. The number of carbonyl (C=O) groups excluding carboxylic acids is 2. The largest absolute Gasteiger partial charge is 0.496 e. The number of dihydropyridines is 1. The molecular formula is C32H33NO7. The first-order valence-electron chi connectivity index (χ1n) is 13.5. The molecule has 0 bridgehead atoms. The number of ether oxygens (including phenoxy) is 3. The van der Waals surface area contributed by atoms with Crippen molar-refractivity contribution < 1.29 is 28.2 Å². The van der Waals surface area contributed by atoms with Crippen molar-refractivity contribution in [2.24, 2.45) is 0 Å². The maximum absolute atomic E-state index is 13.9. The van der Waals surface area contributed by atoms with Gasteiger partial charge in [0.15, 0.2) is 11.2 Å². The van der Waals surface area contributed by atoms with Gasteiger partial charge in [0.1, 0.15) is 17.9 Å². The molecule has 0 unspecified atom stereocenters. The Balaban J connectivity index is 1.59. The molecule has 0 spiro atoms. The summed E-state index contributed by atoms with van der Waals surface area (Å²) in [6.07, 6.45) is 2.08. The van der Waals surface area contributed by atoms with Crippen LogP contribution in [0.3, 0.4) is 0 Å². The summed E-state index contributed by atoms with van der Waals surface area (Å²) in [6.45, 7) is 5.84. The minimum atomic E-state index is -0.929. The third kappa shape index (κ3) is 5.19. The first kappa shape index (κ1) is 27.4. The Kier molecular flexibility index (Phi) is 7.89. The summed E-state index contributed by atoms with van der Waals surface area (Å²) in [5.41, 5.74) is 3.12. The second-order valence-corrected chi connectivity index (χ2v) is 10.3. The SMILES string of the molecule is COc1ccccc1[C@@H]1CC(=O)C2=C(C1)NC(C)=C(C(=O)OCCOC(C)C)[C@H]2c1coc2ccccc2c1=O. The number of Topliss-reactive ketones (excluding diaryl/α,β-unsaturated/α-hetero) is 1. The lowest BCUT2D eigenvalue weighted by molar-refractivity contribution is -0.141. The van der Waals surface area contributed by atoms with Crippen molar-refractivity contribution in [3.05, 3.63) is 98.7 Å². The molecule has 1 aliphatic heterocycles. The molecule has 0 amide bonds. The summed E-state index contributed by atoms with van der Waals surface area (Å²) in [4.78, 5) is 41.2. The van der Waals surface area contributed by atoms with Crippen LogP contribution in [0.1, 0.15) is 56.6 Å². The van der Waals surface area contributed by atoms with Crippen LogP contribution in [0.2, 0.25) is 0 Å². The quantitative estimate of drug-likeness (QED) is 0.308. The number of ketones is 1. The van der Waals surface area contributed by atoms with Crippen LogP contribution in [-0.4, -0.2) is 38.2 Å². The summed E-state index contributed by atoms with van der Waals surface area (Å²) >= 11 is 0. The highest BCUT2D eigenvalue weighted by atomic mass is 16.6. The summed E-state index contributed by atoms with van der Waals surface area (Å²) < 4.78 is 22.5. The van der Waals surface area contributed by atoms with E-state index < -0.39 is 11.9 Å². The van der Waals surface area contributed by atoms with Crippen LogP contribution < -0.4 is 15.5 Å². The standard InChI is InChI=1S/C32H33NO7/c1-18(2)38-13-14-39-32(36)28-19(3)33-24-15-20(21-9-5-7-11-26(21)37-4)16-25(34)30(24)29(28)23-17-40-27-12-8-6-10-22(27)31(23)35/h5-12,17-18,20,29,33H,13-16H2,1-4H3/t20-,29+/m0/s1. The van der Waals surface area contributed by atoms with E-state index in [4.69, 9.17) is 18.6 Å². The van der Waals surface area contributed by atoms with Gasteiger partial charge < -0.3 is 23.9 Å². The van der Waals surface area contributed by atoms with Crippen molar-refractivity contribution in [2.45, 2.75) is 51.6 Å². The van der Waals surface area contributed by atoms with Gasteiger partial charge in [-0.3, -0.25) is 9.59 Å². The van der Waals surface area contributed by atoms with Crippen LogP contribution in [0, 0.1) is 0 Å². The Morgan fingerprint density at radius 2 is 1.77 bits per heavy atom. The fourth-order valence-electron chi connectivity index (χ4n) is 5.63. The van der Waals surface area contributed by atoms with Gasteiger partial charge in [0.25, 0.3) is 0 Å². The Bertz CT molecular complexity index is 1580. The smallest absolute Gasteiger partial charge is 0.336 e. The molecule has 1 N–H and O–H groups in total. The van der Waals surface area contributed by atoms with Gasteiger partial charge >= 0.3 is 5.97 Å². The van der Waals surface area contributed by atoms with Crippen LogP contribution in [0.25, 0.3) is 11.0 Å². The van der Waals surface area contributed by atoms with Crippen molar-refractivity contribution in [3.63, 3.8) is 0 Å². The second-order valence-electron chi connectivity index (χ2n) is 10.3. The summed E-state index contributed by atoms with van der Waals surface area (Å²) in [5, 5.41) is 3.70. The maximum Gasteiger partial charge on any atom is 0.336 e. The minimum absolute atomic E-state index is 0.00487. The van der Waals surface area contributed by atoms with Crippen molar-refractivity contribution in [1.29, 1.82) is 0 Å². The van der Waals surface area contributed by atoms with Crippen molar-refractivity contribution in [1.82, 2.24) is 5.32 Å². The first-order valence-corrected chi connectivity index (χ1v) is 13.5. The van der Waals surface area contributed by atoms with E-state index in [1.807, 2.05) is 38.1 Å². The minimum Gasteiger partial charge on any atom is -0.496 e. The molecule has 0 saturated carbocycles. The molecule has 1 aromatic heterocycles. The van der Waals surface area contributed by atoms with E-state index in [0.717, 1.165) is 5.56 Å². The number of carbonyl (C=O) groups is 2. The second kappa shape index (κ2) is 11.5. The average Bonchev–Trinajstić information content (AvgIpc) is 2.94. The number of rotatable bonds is 8. The Morgan fingerprint density at radius 3 is 2.55 bits per heavy atom. The molecule has 0 fully saturated rings. The van der Waals surface area contributed by atoms with Crippen LogP contribution >= 0.6 is 0 Å². The lowest BCUT2D eigenvalue weighted by Crippen LogP contribution is -2.37. The molecule has 2 heterocycles. The van der Waals surface area contributed by atoms with Gasteiger partial charge in [0, 0.05) is 34.9 Å². The molecule has 40 heavy (non-hydrogen) atoms. The molecule has 2 aliphatic rings. The molecule has 8 nitrogen and oxygen atoms in total. The predicted molar refractivity (Wildman–Crippen MR) is 150 cm³/mol. The van der Waals surface area contributed by atoms with Crippen molar-refractivity contribution in [2.75, 3.05) is 20.3 Å². The lowest BCUT2D eigenvalue weighted by atomic mass is 9.71. The van der Waals surface area contributed by atoms with Gasteiger partial charge in [-0.15, -0.1) is 0 Å². The Labute approximate surface area is 232 Å². The van der Waals surface area contributed by atoms with E-state index in [0.29, 0.717) is 40.1 Å². The van der Waals surface area contributed by atoms with E-state index in [1.165, 1.54) is 6.26 Å². The normalized spacial score (nSPS) is 19.1. The van der Waals surface area contributed by atoms with Crippen LogP contribution in [0.5, 0.6) is 5.75 Å². The van der Waals surface area contributed by atoms with E-state index in [-0.39, 0.29) is 54.0 Å². The molecular weight excluding hydrogens is 510 g/mol. The summed E-state index contributed by atoms with van der Waals surface area (Å²) in [5.74, 6) is -1.10. The number of allylic oxidation sites excluding steroid dienone is 3. The number of esters is 1. The van der Waals surface area contributed by atoms with E-state index in [2.05, 4.69) is 5.32 Å². The zero-order valence-corrected chi connectivity index (χ0v) is 23.1. The first-order chi connectivity index (χ1) is 19.3. The average molecular weight is 544 g/mol. The number of hydrogen-bond donors (Lipinski definition) is 1. The molecule has 0 saturated heterocycles. The number of hydrogen-bond acceptors (Lipinski definition) is 8. The molecule has 8 heteroatoms. The molecule has 5 rings (SSSR count). The van der Waals surface area contributed by atoms with Gasteiger partial charge in [-0.1, -0.05) is 30.3 Å². The molecule has 1 aliphatic carbocycles. The fourth-order valence-corrected chi connectivity index (χ4v) is 5.63. The van der Waals surface area contributed by atoms with Gasteiger partial charge in [-0.05, 0) is 51.0 Å². The van der Waals surface area contributed by atoms with Crippen LogP contribution in [0.4, 0.5) is 0 Å². The lowest BCUT2D eigenvalue weighted by Gasteiger charge is -2.36. The topological polar surface area (TPSA) is 104 Å². The van der Waals surface area contributed by atoms with Gasteiger partial charge in [-0.25, -0.2) is 4.79 Å². The Morgan fingerprint density at radius 1 is 1.02 bits per heavy atom. The highest BCUT2D eigenvalue weighted by Crippen LogP contribution is 2.46. The number of fused-ring (bicyclic) bond motifs is 1. The van der Waals surface area contributed by atoms with E-state index in [1.54, 1.807) is 38.3 Å². The van der Waals surface area contributed by atoms with E-state index >= 15 is 0 Å². The van der Waals surface area contributed by atoms with E-state index in [9.17, 15) is 14.4 Å². The molecule has 208 valence electrons. The van der Waals surface area contributed by atoms with Gasteiger partial charge in [0.05, 0.1) is 43.0 Å². The maximum atomic E-state index is 13.9. The molecule has 0 radical (unpaired) electrons.